The molecule has 4 unspecified atom stereocenters. The molecule has 4 rings (SSSR count). The molecule has 3 amide bonds. The van der Waals surface area contributed by atoms with Crippen molar-refractivity contribution in [1.29, 1.82) is 0 Å². The lowest BCUT2D eigenvalue weighted by atomic mass is 9.94. The van der Waals surface area contributed by atoms with E-state index in [1.165, 1.54) is 0 Å². The van der Waals surface area contributed by atoms with Gasteiger partial charge in [0.05, 0.1) is 19.8 Å². The molecule has 9 heteroatoms. The fourth-order valence-electron chi connectivity index (χ4n) is 4.24. The van der Waals surface area contributed by atoms with Gasteiger partial charge in [0.1, 0.15) is 23.4 Å². The molecular formula is C27H31N3O6. The monoisotopic (exact) mass is 493 g/mol. The number of epoxide rings is 1. The molecule has 0 bridgehead atoms. The number of Topliss-reactive ketones (excluding diaryl/α,β-unsaturated/α-hetero) is 1. The number of amides is 3. The van der Waals surface area contributed by atoms with E-state index in [0.29, 0.717) is 25.2 Å². The molecule has 3 N–H and O–H groups in total. The molecule has 2 fully saturated rings. The van der Waals surface area contributed by atoms with Crippen molar-refractivity contribution >= 4 is 23.5 Å². The van der Waals surface area contributed by atoms with E-state index < -0.39 is 35.5 Å². The van der Waals surface area contributed by atoms with Crippen LogP contribution < -0.4 is 20.7 Å². The van der Waals surface area contributed by atoms with Crippen molar-refractivity contribution in [2.45, 2.75) is 56.3 Å². The SMILES string of the molecule is COc1ccc(CC(NC(=O)C2CCC(=O)N2)C(=O)NC(Cc2ccccc2)C(=O)C2(C)CO2)cc1. The zero-order valence-corrected chi connectivity index (χ0v) is 20.4. The number of hydrogen-bond acceptors (Lipinski definition) is 6. The van der Waals surface area contributed by atoms with Crippen molar-refractivity contribution in [2.75, 3.05) is 13.7 Å². The highest BCUT2D eigenvalue weighted by Crippen LogP contribution is 2.29. The fraction of sp³-hybridized carbons (Fsp3) is 0.407. The van der Waals surface area contributed by atoms with Crippen molar-refractivity contribution in [3.8, 4) is 5.75 Å². The Balaban J connectivity index is 1.53. The summed E-state index contributed by atoms with van der Waals surface area (Å²) >= 11 is 0. The maximum Gasteiger partial charge on any atom is 0.243 e. The second-order valence-electron chi connectivity index (χ2n) is 9.41. The normalized spacial score (nSPS) is 22.2. The second-order valence-corrected chi connectivity index (χ2v) is 9.41. The topological polar surface area (TPSA) is 126 Å². The minimum atomic E-state index is -0.956. The minimum absolute atomic E-state index is 0.197. The summed E-state index contributed by atoms with van der Waals surface area (Å²) in [4.78, 5) is 51.2. The molecule has 190 valence electrons. The summed E-state index contributed by atoms with van der Waals surface area (Å²) in [5, 5.41) is 8.27. The van der Waals surface area contributed by atoms with Crippen molar-refractivity contribution < 1.29 is 28.7 Å². The summed E-state index contributed by atoms with van der Waals surface area (Å²) in [5.74, 6) is -0.654. The first-order valence-corrected chi connectivity index (χ1v) is 12.0. The van der Waals surface area contributed by atoms with Crippen LogP contribution in [0.1, 0.15) is 30.9 Å². The Kier molecular flexibility index (Phi) is 7.69. The van der Waals surface area contributed by atoms with Crippen molar-refractivity contribution in [1.82, 2.24) is 16.0 Å². The van der Waals surface area contributed by atoms with Gasteiger partial charge >= 0.3 is 0 Å². The van der Waals surface area contributed by atoms with Crippen molar-refractivity contribution in [3.05, 3.63) is 65.7 Å². The largest absolute Gasteiger partial charge is 0.497 e. The summed E-state index contributed by atoms with van der Waals surface area (Å²) in [6, 6.07) is 14.1. The molecule has 2 aromatic rings. The molecule has 2 aliphatic rings. The van der Waals surface area contributed by atoms with Gasteiger partial charge in [-0.1, -0.05) is 42.5 Å². The highest BCUT2D eigenvalue weighted by molar-refractivity contribution is 5.99. The van der Waals surface area contributed by atoms with E-state index in [4.69, 9.17) is 9.47 Å². The molecule has 0 radical (unpaired) electrons. The van der Waals surface area contributed by atoms with E-state index >= 15 is 0 Å². The van der Waals surface area contributed by atoms with Gasteiger partial charge in [-0.15, -0.1) is 0 Å². The van der Waals surface area contributed by atoms with Crippen LogP contribution in [0.15, 0.2) is 54.6 Å². The van der Waals surface area contributed by atoms with E-state index in [0.717, 1.165) is 11.1 Å². The lowest BCUT2D eigenvalue weighted by Crippen LogP contribution is -2.56. The first kappa shape index (κ1) is 25.4. The van der Waals surface area contributed by atoms with Gasteiger partial charge in [0.15, 0.2) is 5.78 Å². The predicted octanol–water partition coefficient (Wildman–Crippen LogP) is 1.09. The number of nitrogens with one attached hydrogen (secondary N) is 3. The molecule has 0 saturated carbocycles. The van der Waals surface area contributed by atoms with Crippen molar-refractivity contribution in [2.24, 2.45) is 0 Å². The maximum absolute atomic E-state index is 13.5. The molecule has 0 aromatic heterocycles. The number of hydrogen-bond donors (Lipinski definition) is 3. The molecule has 0 aliphatic carbocycles. The van der Waals surface area contributed by atoms with Crippen LogP contribution in [0, 0.1) is 0 Å². The zero-order valence-electron chi connectivity index (χ0n) is 20.4. The van der Waals surface area contributed by atoms with Crippen LogP contribution in [0.3, 0.4) is 0 Å². The molecule has 2 aromatic carbocycles. The molecular weight excluding hydrogens is 462 g/mol. The summed E-state index contributed by atoms with van der Waals surface area (Å²) < 4.78 is 10.6. The Morgan fingerprint density at radius 3 is 2.25 bits per heavy atom. The van der Waals surface area contributed by atoms with Gasteiger partial charge < -0.3 is 25.4 Å². The molecule has 0 spiro atoms. The van der Waals surface area contributed by atoms with E-state index in [-0.39, 0.29) is 24.5 Å². The Morgan fingerprint density at radius 2 is 1.67 bits per heavy atom. The van der Waals surface area contributed by atoms with Gasteiger partial charge in [-0.2, -0.15) is 0 Å². The number of rotatable bonds is 11. The van der Waals surface area contributed by atoms with Crippen LogP contribution in [0.4, 0.5) is 0 Å². The summed E-state index contributed by atoms with van der Waals surface area (Å²) in [7, 11) is 1.56. The van der Waals surface area contributed by atoms with E-state index in [1.54, 1.807) is 26.2 Å². The van der Waals surface area contributed by atoms with E-state index in [2.05, 4.69) is 16.0 Å². The van der Waals surface area contributed by atoms with E-state index in [1.807, 2.05) is 42.5 Å². The minimum Gasteiger partial charge on any atom is -0.497 e. The standard InChI is InChI=1S/C27H31N3O6/c1-27(16-36-27)24(32)21(14-17-6-4-3-5-7-17)29-26(34)22(15-18-8-10-19(35-2)11-9-18)30-25(33)20-12-13-23(31)28-20/h3-11,20-22H,12-16H2,1-2H3,(H,28,31)(H,29,34)(H,30,33). The fourth-order valence-corrected chi connectivity index (χ4v) is 4.24. The van der Waals surface area contributed by atoms with E-state index in [9.17, 15) is 19.2 Å². The summed E-state index contributed by atoms with van der Waals surface area (Å²) in [6.45, 7) is 2.01. The van der Waals surface area contributed by atoms with Crippen LogP contribution in [-0.4, -0.2) is 60.9 Å². The zero-order chi connectivity index (χ0) is 25.7. The lowest BCUT2D eigenvalue weighted by Gasteiger charge is -2.25. The quantitative estimate of drug-likeness (QED) is 0.402. The van der Waals surface area contributed by atoms with Crippen LogP contribution >= 0.6 is 0 Å². The molecule has 9 nitrogen and oxygen atoms in total. The molecule has 36 heavy (non-hydrogen) atoms. The molecule has 2 aliphatic heterocycles. The number of carbonyl (C=O) groups is 4. The first-order valence-electron chi connectivity index (χ1n) is 12.0. The average molecular weight is 494 g/mol. The number of ketones is 1. The third-order valence-electron chi connectivity index (χ3n) is 6.56. The molecule has 2 saturated heterocycles. The van der Waals surface area contributed by atoms with Gasteiger partial charge in [-0.05, 0) is 43.0 Å². The Bertz CT molecular complexity index is 1110. The second kappa shape index (κ2) is 10.9. The first-order chi connectivity index (χ1) is 17.3. The Morgan fingerprint density at radius 1 is 1.03 bits per heavy atom. The molecule has 4 atom stereocenters. The van der Waals surface area contributed by atoms with Crippen LogP contribution in [0.5, 0.6) is 5.75 Å². The number of methoxy groups -OCH3 is 1. The van der Waals surface area contributed by atoms with Gasteiger partial charge in [-0.3, -0.25) is 19.2 Å². The Labute approximate surface area is 209 Å². The smallest absolute Gasteiger partial charge is 0.243 e. The van der Waals surface area contributed by atoms with Gasteiger partial charge in [0, 0.05) is 12.8 Å². The third kappa shape index (κ3) is 6.28. The Hall–Kier alpha value is -3.72. The van der Waals surface area contributed by atoms with Crippen LogP contribution in [0.2, 0.25) is 0 Å². The van der Waals surface area contributed by atoms with Crippen LogP contribution in [-0.2, 0) is 36.8 Å². The third-order valence-corrected chi connectivity index (χ3v) is 6.56. The van der Waals surface area contributed by atoms with Gasteiger partial charge in [0.25, 0.3) is 0 Å². The summed E-state index contributed by atoms with van der Waals surface area (Å²) in [5.41, 5.74) is 0.773. The summed E-state index contributed by atoms with van der Waals surface area (Å²) in [6.07, 6.45) is 1.13. The van der Waals surface area contributed by atoms with Gasteiger partial charge in [0.2, 0.25) is 17.7 Å². The maximum atomic E-state index is 13.5. The van der Waals surface area contributed by atoms with Crippen LogP contribution in [0.25, 0.3) is 0 Å². The number of ether oxygens (including phenoxy) is 2. The predicted molar refractivity (Wildman–Crippen MR) is 131 cm³/mol. The average Bonchev–Trinajstić information content (AvgIpc) is 3.49. The lowest BCUT2D eigenvalue weighted by molar-refractivity contribution is -0.133. The molecule has 2 heterocycles. The highest BCUT2D eigenvalue weighted by atomic mass is 16.6. The number of benzene rings is 2. The van der Waals surface area contributed by atoms with Gasteiger partial charge in [-0.25, -0.2) is 0 Å². The number of carbonyl (C=O) groups excluding carboxylic acids is 4. The highest BCUT2D eigenvalue weighted by Gasteiger charge is 2.50. The van der Waals surface area contributed by atoms with Crippen molar-refractivity contribution in [3.63, 3.8) is 0 Å².